The van der Waals surface area contributed by atoms with E-state index in [1.165, 1.54) is 4.90 Å². The first kappa shape index (κ1) is 9.80. The minimum Gasteiger partial charge on any atom is -0.395 e. The van der Waals surface area contributed by atoms with E-state index in [9.17, 15) is 13.2 Å². The van der Waals surface area contributed by atoms with Gasteiger partial charge in [-0.05, 0) is 19.4 Å². The minimum absolute atomic E-state index is 0.129. The Morgan fingerprint density at radius 1 is 1.42 bits per heavy atom. The number of halogens is 3. The molecule has 1 N–H and O–H groups in total. The minimum atomic E-state index is -4.13. The van der Waals surface area contributed by atoms with Crippen molar-refractivity contribution >= 4 is 0 Å². The Bertz CT molecular complexity index is 148. The maximum absolute atomic E-state index is 12.2. The number of rotatable bonds is 2. The van der Waals surface area contributed by atoms with Crippen molar-refractivity contribution in [2.75, 3.05) is 19.7 Å². The molecule has 1 heterocycles. The Morgan fingerprint density at radius 3 is 2.58 bits per heavy atom. The van der Waals surface area contributed by atoms with Crippen molar-refractivity contribution in [2.24, 2.45) is 0 Å². The van der Waals surface area contributed by atoms with Crippen molar-refractivity contribution < 1.29 is 18.3 Å². The average molecular weight is 183 g/mol. The van der Waals surface area contributed by atoms with Gasteiger partial charge in [-0.1, -0.05) is 0 Å². The number of likely N-dealkylation sites (tertiary alicyclic amines) is 1. The van der Waals surface area contributed by atoms with E-state index < -0.39 is 12.2 Å². The molecule has 5 heteroatoms. The Morgan fingerprint density at radius 2 is 2.08 bits per heavy atom. The molecule has 1 fully saturated rings. The molecule has 0 bridgehead atoms. The van der Waals surface area contributed by atoms with E-state index in [-0.39, 0.29) is 19.6 Å². The largest absolute Gasteiger partial charge is 0.404 e. The zero-order valence-corrected chi connectivity index (χ0v) is 6.64. The van der Waals surface area contributed by atoms with E-state index in [4.69, 9.17) is 5.11 Å². The summed E-state index contributed by atoms with van der Waals surface area (Å²) in [6.07, 6.45) is -3.39. The maximum Gasteiger partial charge on any atom is 0.404 e. The second-order valence-corrected chi connectivity index (χ2v) is 2.96. The predicted octanol–water partition coefficient (Wildman–Crippen LogP) is 1.01. The lowest BCUT2D eigenvalue weighted by atomic mass is 10.2. The van der Waals surface area contributed by atoms with Crippen molar-refractivity contribution in [3.8, 4) is 0 Å². The lowest BCUT2D eigenvalue weighted by Gasteiger charge is -2.25. The van der Waals surface area contributed by atoms with Gasteiger partial charge >= 0.3 is 6.18 Å². The van der Waals surface area contributed by atoms with Gasteiger partial charge in [-0.15, -0.1) is 0 Å². The van der Waals surface area contributed by atoms with Crippen molar-refractivity contribution in [1.29, 1.82) is 0 Å². The highest BCUT2D eigenvalue weighted by Crippen LogP contribution is 2.31. The second kappa shape index (κ2) is 3.62. The number of aliphatic hydroxyl groups excluding tert-OH is 1. The third-order valence-electron chi connectivity index (χ3n) is 2.13. The molecular weight excluding hydrogens is 171 g/mol. The smallest absolute Gasteiger partial charge is 0.395 e. The molecule has 1 saturated heterocycles. The molecule has 0 aliphatic carbocycles. The summed E-state index contributed by atoms with van der Waals surface area (Å²) < 4.78 is 36.6. The summed E-state index contributed by atoms with van der Waals surface area (Å²) in [5.74, 6) is 0. The van der Waals surface area contributed by atoms with Crippen LogP contribution in [0, 0.1) is 0 Å². The Kier molecular flexibility index (Phi) is 2.95. The van der Waals surface area contributed by atoms with Gasteiger partial charge < -0.3 is 5.11 Å². The molecule has 0 unspecified atom stereocenters. The SMILES string of the molecule is OCCN1CCC[C@H]1C(F)(F)F. The van der Waals surface area contributed by atoms with E-state index in [2.05, 4.69) is 0 Å². The molecule has 0 radical (unpaired) electrons. The fourth-order valence-corrected chi connectivity index (χ4v) is 1.59. The quantitative estimate of drug-likeness (QED) is 0.690. The highest BCUT2D eigenvalue weighted by Gasteiger charge is 2.45. The molecule has 2 nitrogen and oxygen atoms in total. The first-order valence-corrected chi connectivity index (χ1v) is 3.97. The molecular formula is C7H12F3NO. The number of nitrogens with zero attached hydrogens (tertiary/aromatic N) is 1. The van der Waals surface area contributed by atoms with E-state index in [0.717, 1.165) is 0 Å². The lowest BCUT2D eigenvalue weighted by Crippen LogP contribution is -2.42. The average Bonchev–Trinajstić information content (AvgIpc) is 2.34. The van der Waals surface area contributed by atoms with Crippen LogP contribution in [0.15, 0.2) is 0 Å². The van der Waals surface area contributed by atoms with E-state index >= 15 is 0 Å². The monoisotopic (exact) mass is 183 g/mol. The van der Waals surface area contributed by atoms with Crippen LogP contribution in [-0.2, 0) is 0 Å². The maximum atomic E-state index is 12.2. The molecule has 1 rings (SSSR count). The van der Waals surface area contributed by atoms with E-state index in [1.54, 1.807) is 0 Å². The highest BCUT2D eigenvalue weighted by atomic mass is 19.4. The van der Waals surface area contributed by atoms with Gasteiger partial charge in [0, 0.05) is 6.54 Å². The van der Waals surface area contributed by atoms with Crippen molar-refractivity contribution in [3.63, 3.8) is 0 Å². The molecule has 0 aromatic rings. The summed E-state index contributed by atoms with van der Waals surface area (Å²) in [4.78, 5) is 1.29. The third-order valence-corrected chi connectivity index (χ3v) is 2.13. The van der Waals surface area contributed by atoms with Crippen LogP contribution in [0.4, 0.5) is 13.2 Å². The molecule has 0 saturated carbocycles. The van der Waals surface area contributed by atoms with Crippen LogP contribution in [0.3, 0.4) is 0 Å². The predicted molar refractivity (Wildman–Crippen MR) is 37.7 cm³/mol. The standard InChI is InChI=1S/C7H12F3NO/c8-7(9,10)6-2-1-3-11(6)4-5-12/h6,12H,1-5H2/t6-/m0/s1. The summed E-state index contributed by atoms with van der Waals surface area (Å²) in [7, 11) is 0. The van der Waals surface area contributed by atoms with Gasteiger partial charge in [-0.2, -0.15) is 13.2 Å². The molecule has 1 atom stereocenters. The Hall–Kier alpha value is -0.290. The van der Waals surface area contributed by atoms with Crippen LogP contribution in [-0.4, -0.2) is 41.9 Å². The van der Waals surface area contributed by atoms with Crippen LogP contribution in [0.5, 0.6) is 0 Å². The van der Waals surface area contributed by atoms with Crippen LogP contribution >= 0.6 is 0 Å². The number of hydrogen-bond donors (Lipinski definition) is 1. The molecule has 0 aromatic carbocycles. The molecule has 1 aliphatic rings. The summed E-state index contributed by atoms with van der Waals surface area (Å²) in [5, 5.41) is 8.50. The first-order valence-electron chi connectivity index (χ1n) is 3.97. The van der Waals surface area contributed by atoms with Crippen molar-refractivity contribution in [2.45, 2.75) is 25.1 Å². The zero-order chi connectivity index (χ0) is 9.19. The number of hydrogen-bond acceptors (Lipinski definition) is 2. The second-order valence-electron chi connectivity index (χ2n) is 2.96. The fraction of sp³-hybridized carbons (Fsp3) is 1.00. The summed E-state index contributed by atoms with van der Waals surface area (Å²) in [5.41, 5.74) is 0. The molecule has 0 aromatic heterocycles. The van der Waals surface area contributed by atoms with Crippen LogP contribution < -0.4 is 0 Å². The van der Waals surface area contributed by atoms with Gasteiger partial charge in [0.15, 0.2) is 0 Å². The Balaban J connectivity index is 2.52. The first-order chi connectivity index (χ1) is 5.55. The van der Waals surface area contributed by atoms with Crippen LogP contribution in [0.25, 0.3) is 0 Å². The molecule has 0 spiro atoms. The van der Waals surface area contributed by atoms with Crippen LogP contribution in [0.2, 0.25) is 0 Å². The Labute approximate surface area is 69.0 Å². The van der Waals surface area contributed by atoms with Gasteiger partial charge in [-0.25, -0.2) is 0 Å². The van der Waals surface area contributed by atoms with Gasteiger partial charge in [0.25, 0.3) is 0 Å². The van der Waals surface area contributed by atoms with Gasteiger partial charge in [-0.3, -0.25) is 4.90 Å². The number of alkyl halides is 3. The highest BCUT2D eigenvalue weighted by molar-refractivity contribution is 4.84. The van der Waals surface area contributed by atoms with Gasteiger partial charge in [0.1, 0.15) is 6.04 Å². The number of aliphatic hydroxyl groups is 1. The lowest BCUT2D eigenvalue weighted by molar-refractivity contribution is -0.176. The zero-order valence-electron chi connectivity index (χ0n) is 6.64. The van der Waals surface area contributed by atoms with Crippen molar-refractivity contribution in [3.05, 3.63) is 0 Å². The van der Waals surface area contributed by atoms with Gasteiger partial charge in [0.05, 0.1) is 6.61 Å². The molecule has 72 valence electrons. The van der Waals surface area contributed by atoms with Crippen molar-refractivity contribution in [1.82, 2.24) is 4.90 Å². The summed E-state index contributed by atoms with van der Waals surface area (Å²) in [6, 6.07) is -1.33. The number of β-amino-alcohol motifs (C(OH)–C–C–N with tert-alkyl or cyclic N) is 1. The normalized spacial score (nSPS) is 26.5. The molecule has 0 amide bonds. The topological polar surface area (TPSA) is 23.5 Å². The summed E-state index contributed by atoms with van der Waals surface area (Å²) in [6.45, 7) is 0.376. The molecule has 12 heavy (non-hydrogen) atoms. The third kappa shape index (κ3) is 2.10. The fourth-order valence-electron chi connectivity index (χ4n) is 1.59. The van der Waals surface area contributed by atoms with Crippen LogP contribution in [0.1, 0.15) is 12.8 Å². The molecule has 1 aliphatic heterocycles. The van der Waals surface area contributed by atoms with E-state index in [0.29, 0.717) is 13.0 Å². The van der Waals surface area contributed by atoms with E-state index in [1.807, 2.05) is 0 Å². The summed E-state index contributed by atoms with van der Waals surface area (Å²) >= 11 is 0. The van der Waals surface area contributed by atoms with Gasteiger partial charge in [0.2, 0.25) is 0 Å².